The number of amides is 1. The van der Waals surface area contributed by atoms with Crippen molar-refractivity contribution in [2.45, 2.75) is 42.8 Å². The van der Waals surface area contributed by atoms with E-state index in [0.29, 0.717) is 5.69 Å². The highest BCUT2D eigenvalue weighted by Gasteiger charge is 2.33. The maximum absolute atomic E-state index is 12.7. The number of aromatic nitrogens is 2. The summed E-state index contributed by atoms with van der Waals surface area (Å²) in [5.74, 6) is -0.302. The largest absolute Gasteiger partial charge is 0.433 e. The van der Waals surface area contributed by atoms with Crippen LogP contribution < -0.4 is 5.32 Å². The van der Waals surface area contributed by atoms with Crippen molar-refractivity contribution < 1.29 is 18.0 Å². The minimum Gasteiger partial charge on any atom is -0.325 e. The highest BCUT2D eigenvalue weighted by molar-refractivity contribution is 8.00. The van der Waals surface area contributed by atoms with Gasteiger partial charge in [0.1, 0.15) is 5.69 Å². The Kier molecular flexibility index (Phi) is 4.99. The normalized spacial score (nSPS) is 14.9. The predicted molar refractivity (Wildman–Crippen MR) is 89.4 cm³/mol. The van der Waals surface area contributed by atoms with Gasteiger partial charge in [-0.3, -0.25) is 4.79 Å². The Hall–Kier alpha value is -2.09. The molecule has 1 aliphatic carbocycles. The van der Waals surface area contributed by atoms with Gasteiger partial charge in [0.25, 0.3) is 0 Å². The summed E-state index contributed by atoms with van der Waals surface area (Å²) in [6.45, 7) is 1.61. The molecule has 1 aliphatic rings. The molecule has 1 unspecified atom stereocenters. The Bertz CT molecular complexity index is 795. The number of aryl methyl sites for hydroxylation is 2. The van der Waals surface area contributed by atoms with Gasteiger partial charge in [-0.15, -0.1) is 0 Å². The van der Waals surface area contributed by atoms with E-state index in [1.54, 1.807) is 6.92 Å². The average Bonchev–Trinajstić information content (AvgIpc) is 3.02. The fourth-order valence-electron chi connectivity index (χ4n) is 2.66. The van der Waals surface area contributed by atoms with Crippen LogP contribution in [0.5, 0.6) is 0 Å². The second kappa shape index (κ2) is 7.03. The third kappa shape index (κ3) is 4.31. The fraction of sp³-hybridized carbons (Fsp3) is 0.353. The number of halogens is 3. The van der Waals surface area contributed by atoms with Gasteiger partial charge < -0.3 is 5.32 Å². The summed E-state index contributed by atoms with van der Waals surface area (Å²) < 4.78 is 38.0. The van der Waals surface area contributed by atoms with Crippen LogP contribution in [-0.2, 0) is 23.8 Å². The molecule has 0 saturated carbocycles. The lowest BCUT2D eigenvalue weighted by Gasteiger charge is -2.13. The molecule has 3 rings (SSSR count). The highest BCUT2D eigenvalue weighted by atomic mass is 32.2. The first-order valence-electron chi connectivity index (χ1n) is 7.82. The number of fused-ring (bicyclic) bond motifs is 1. The van der Waals surface area contributed by atoms with Gasteiger partial charge in [-0.25, -0.2) is 9.97 Å². The van der Waals surface area contributed by atoms with Crippen molar-refractivity contribution in [1.82, 2.24) is 9.97 Å². The first-order chi connectivity index (χ1) is 11.8. The first kappa shape index (κ1) is 17.7. The number of anilines is 1. The monoisotopic (exact) mass is 367 g/mol. The topological polar surface area (TPSA) is 54.9 Å². The van der Waals surface area contributed by atoms with Gasteiger partial charge in [0.2, 0.25) is 5.91 Å². The number of nitrogens with one attached hydrogen (secondary N) is 1. The van der Waals surface area contributed by atoms with Crippen LogP contribution in [0.3, 0.4) is 0 Å². The molecule has 0 aliphatic heterocycles. The molecule has 2 aromatic rings. The molecule has 0 fully saturated rings. The number of hydrogen-bond acceptors (Lipinski definition) is 4. The van der Waals surface area contributed by atoms with E-state index in [1.165, 1.54) is 11.1 Å². The van der Waals surface area contributed by atoms with Crippen LogP contribution >= 0.6 is 11.8 Å². The molecule has 0 bridgehead atoms. The maximum atomic E-state index is 12.7. The fourth-order valence-corrected chi connectivity index (χ4v) is 3.42. The number of alkyl halides is 3. The van der Waals surface area contributed by atoms with Crippen molar-refractivity contribution in [3.05, 3.63) is 47.3 Å². The van der Waals surface area contributed by atoms with Crippen molar-refractivity contribution >= 4 is 23.4 Å². The van der Waals surface area contributed by atoms with Crippen molar-refractivity contribution in [2.75, 3.05) is 5.32 Å². The van der Waals surface area contributed by atoms with E-state index in [2.05, 4.69) is 15.3 Å². The van der Waals surface area contributed by atoms with E-state index >= 15 is 0 Å². The average molecular weight is 367 g/mol. The van der Waals surface area contributed by atoms with Gasteiger partial charge in [-0.1, -0.05) is 17.8 Å². The van der Waals surface area contributed by atoms with Gasteiger partial charge in [-0.05, 0) is 55.5 Å². The van der Waals surface area contributed by atoms with Gasteiger partial charge in [0, 0.05) is 11.9 Å². The van der Waals surface area contributed by atoms with E-state index in [9.17, 15) is 18.0 Å². The molecule has 25 heavy (non-hydrogen) atoms. The van der Waals surface area contributed by atoms with E-state index in [-0.39, 0.29) is 11.1 Å². The van der Waals surface area contributed by atoms with Crippen LogP contribution in [0.15, 0.2) is 35.6 Å². The summed E-state index contributed by atoms with van der Waals surface area (Å²) in [6, 6.07) is 6.61. The molecule has 1 amide bonds. The molecular formula is C17H16F3N3OS. The third-order valence-corrected chi connectivity index (χ3v) is 4.92. The molecule has 0 saturated heterocycles. The summed E-state index contributed by atoms with van der Waals surface area (Å²) in [5, 5.41) is 2.09. The molecule has 1 heterocycles. The van der Waals surface area contributed by atoms with E-state index in [4.69, 9.17) is 0 Å². The number of benzene rings is 1. The molecule has 1 aromatic heterocycles. The number of rotatable bonds is 4. The Labute approximate surface area is 147 Å². The number of hydrogen-bond donors (Lipinski definition) is 1. The quantitative estimate of drug-likeness (QED) is 0.653. The van der Waals surface area contributed by atoms with Crippen LogP contribution in [0.2, 0.25) is 0 Å². The van der Waals surface area contributed by atoms with E-state index in [1.807, 2.05) is 18.2 Å². The minimum absolute atomic E-state index is 0.0774. The SMILES string of the molecule is CC(Sc1nccc(C(F)(F)F)n1)C(=O)Nc1ccc2c(c1)CCC2. The standard InChI is InChI=1S/C17H16F3N3OS/c1-10(25-16-21-8-7-14(23-16)17(18,19)20)15(24)22-13-6-5-11-3-2-4-12(11)9-13/h5-10H,2-4H2,1H3,(H,22,24). The Morgan fingerprint density at radius 2 is 2.00 bits per heavy atom. The second-order valence-electron chi connectivity index (χ2n) is 5.81. The molecule has 1 N–H and O–H groups in total. The number of thioether (sulfide) groups is 1. The van der Waals surface area contributed by atoms with Gasteiger partial charge in [-0.2, -0.15) is 13.2 Å². The van der Waals surface area contributed by atoms with Gasteiger partial charge in [0.15, 0.2) is 5.16 Å². The van der Waals surface area contributed by atoms with Crippen LogP contribution in [0, 0.1) is 0 Å². The maximum Gasteiger partial charge on any atom is 0.433 e. The summed E-state index contributed by atoms with van der Waals surface area (Å²) >= 11 is 0.892. The van der Waals surface area contributed by atoms with Crippen molar-refractivity contribution in [1.29, 1.82) is 0 Å². The number of carbonyl (C=O) groups excluding carboxylic acids is 1. The Balaban J connectivity index is 1.65. The predicted octanol–water partition coefficient (Wildman–Crippen LogP) is 4.10. The van der Waals surface area contributed by atoms with Crippen molar-refractivity contribution in [2.24, 2.45) is 0 Å². The van der Waals surface area contributed by atoms with Gasteiger partial charge in [0.05, 0.1) is 5.25 Å². The van der Waals surface area contributed by atoms with Crippen LogP contribution in [-0.4, -0.2) is 21.1 Å². The second-order valence-corrected chi connectivity index (χ2v) is 7.12. The van der Waals surface area contributed by atoms with E-state index in [0.717, 1.165) is 43.3 Å². The smallest absolute Gasteiger partial charge is 0.325 e. The molecule has 1 aromatic carbocycles. The molecular weight excluding hydrogens is 351 g/mol. The van der Waals surface area contributed by atoms with Crippen molar-refractivity contribution in [3.63, 3.8) is 0 Å². The van der Waals surface area contributed by atoms with Gasteiger partial charge >= 0.3 is 6.18 Å². The first-order valence-corrected chi connectivity index (χ1v) is 8.70. The lowest BCUT2D eigenvalue weighted by atomic mass is 10.1. The molecule has 0 spiro atoms. The molecule has 0 radical (unpaired) electrons. The molecule has 4 nitrogen and oxygen atoms in total. The zero-order valence-corrected chi connectivity index (χ0v) is 14.2. The zero-order chi connectivity index (χ0) is 18.0. The molecule has 132 valence electrons. The summed E-state index contributed by atoms with van der Waals surface area (Å²) in [5.41, 5.74) is 2.22. The highest BCUT2D eigenvalue weighted by Crippen LogP contribution is 2.30. The number of carbonyl (C=O) groups is 1. The zero-order valence-electron chi connectivity index (χ0n) is 13.4. The van der Waals surface area contributed by atoms with Crippen LogP contribution in [0.25, 0.3) is 0 Å². The van der Waals surface area contributed by atoms with E-state index < -0.39 is 17.1 Å². The third-order valence-electron chi connectivity index (χ3n) is 3.94. The minimum atomic E-state index is -4.53. The Morgan fingerprint density at radius 1 is 1.24 bits per heavy atom. The molecule has 1 atom stereocenters. The molecule has 8 heteroatoms. The van der Waals surface area contributed by atoms with Crippen LogP contribution in [0.1, 0.15) is 30.2 Å². The van der Waals surface area contributed by atoms with Crippen LogP contribution in [0.4, 0.5) is 18.9 Å². The van der Waals surface area contributed by atoms with Crippen molar-refractivity contribution in [3.8, 4) is 0 Å². The Morgan fingerprint density at radius 3 is 2.76 bits per heavy atom. The summed E-state index contributed by atoms with van der Waals surface area (Å²) in [4.78, 5) is 19.6. The lowest BCUT2D eigenvalue weighted by molar-refractivity contribution is -0.141. The summed E-state index contributed by atoms with van der Waals surface area (Å²) in [7, 11) is 0. The lowest BCUT2D eigenvalue weighted by Crippen LogP contribution is -2.23. The number of nitrogens with zero attached hydrogens (tertiary/aromatic N) is 2. The summed E-state index contributed by atoms with van der Waals surface area (Å²) in [6.07, 6.45) is -0.312.